The highest BCUT2D eigenvalue weighted by Gasteiger charge is 2.40. The number of halogens is 6. The number of rotatable bonds is 7. The van der Waals surface area contributed by atoms with Gasteiger partial charge in [-0.3, -0.25) is 14.6 Å². The van der Waals surface area contributed by atoms with Crippen LogP contribution in [0.1, 0.15) is 39.0 Å². The van der Waals surface area contributed by atoms with Crippen molar-refractivity contribution in [2.45, 2.75) is 26.4 Å². The van der Waals surface area contributed by atoms with E-state index in [0.29, 0.717) is 11.8 Å². The lowest BCUT2D eigenvalue weighted by molar-refractivity contribution is -0.274. The first kappa shape index (κ1) is 27.2. The number of ether oxygens (including phenoxy) is 3. The monoisotopic (exact) mass is 529 g/mol. The fourth-order valence-corrected chi connectivity index (χ4v) is 3.04. The molecule has 0 saturated heterocycles. The average molecular weight is 529 g/mol. The van der Waals surface area contributed by atoms with Crippen LogP contribution in [-0.2, 0) is 6.18 Å². The Balaban J connectivity index is 2.06. The summed E-state index contributed by atoms with van der Waals surface area (Å²) in [6.07, 6.45) is -8.03. The van der Waals surface area contributed by atoms with E-state index >= 15 is 0 Å². The number of alkyl halides is 6. The number of carbonyl (C=O) groups is 2. The van der Waals surface area contributed by atoms with Crippen LogP contribution in [0.4, 0.5) is 32.0 Å². The molecule has 8 nitrogen and oxygen atoms in total. The maximum absolute atomic E-state index is 13.6. The lowest BCUT2D eigenvalue weighted by Gasteiger charge is -2.18. The molecular weight excluding hydrogens is 512 g/mol. The van der Waals surface area contributed by atoms with Crippen molar-refractivity contribution in [3.05, 3.63) is 65.2 Å². The fourth-order valence-electron chi connectivity index (χ4n) is 3.04. The SMILES string of the molecule is COc1c(C(F)(F)F)ncc(Oc2ccc(OC(F)(F)F)cc2)c1C(=O)Nc1cc(C(C)=O)ncc1C. The Labute approximate surface area is 205 Å². The number of Topliss-reactive ketones (excluding diaryl/α,β-unsaturated/α-hetero) is 1. The van der Waals surface area contributed by atoms with Crippen LogP contribution in [-0.4, -0.2) is 35.1 Å². The van der Waals surface area contributed by atoms with Crippen molar-refractivity contribution in [3.8, 4) is 23.0 Å². The van der Waals surface area contributed by atoms with E-state index in [1.54, 1.807) is 6.92 Å². The molecule has 2 heterocycles. The van der Waals surface area contributed by atoms with Crippen LogP contribution in [0.2, 0.25) is 0 Å². The summed E-state index contributed by atoms with van der Waals surface area (Å²) in [6, 6.07) is 5.13. The number of benzene rings is 1. The molecule has 0 atom stereocenters. The van der Waals surface area contributed by atoms with Crippen molar-refractivity contribution in [2.24, 2.45) is 0 Å². The highest BCUT2D eigenvalue weighted by atomic mass is 19.4. The molecule has 1 aromatic carbocycles. The number of aryl methyl sites for hydroxylation is 1. The van der Waals surface area contributed by atoms with E-state index in [-0.39, 0.29) is 17.1 Å². The van der Waals surface area contributed by atoms with E-state index < -0.39 is 52.7 Å². The fraction of sp³-hybridized carbons (Fsp3) is 0.217. The standard InChI is InChI=1S/C23H17F6N3O5/c1-11-9-30-16(12(2)33)8-15(11)32-21(34)18-17(10-31-20(19(18)35-3)22(24,25)26)36-13-4-6-14(7-5-13)37-23(27,28)29/h4-10H,1-3H3,(H,30,32,34). The number of hydrogen-bond donors (Lipinski definition) is 1. The van der Waals surface area contributed by atoms with Gasteiger partial charge in [0, 0.05) is 18.8 Å². The first-order valence-electron chi connectivity index (χ1n) is 10.2. The molecule has 0 fully saturated rings. The van der Waals surface area contributed by atoms with Gasteiger partial charge >= 0.3 is 12.5 Å². The first-order valence-corrected chi connectivity index (χ1v) is 10.2. The number of nitrogens with zero attached hydrogens (tertiary/aromatic N) is 2. The van der Waals surface area contributed by atoms with Crippen LogP contribution in [0.5, 0.6) is 23.0 Å². The minimum atomic E-state index is -5.01. The summed E-state index contributed by atoms with van der Waals surface area (Å²) >= 11 is 0. The van der Waals surface area contributed by atoms with Crippen molar-refractivity contribution in [3.63, 3.8) is 0 Å². The molecule has 3 rings (SSSR count). The van der Waals surface area contributed by atoms with Gasteiger partial charge in [0.1, 0.15) is 22.8 Å². The van der Waals surface area contributed by atoms with Crippen molar-refractivity contribution in [1.29, 1.82) is 0 Å². The topological polar surface area (TPSA) is 99.6 Å². The van der Waals surface area contributed by atoms with Crippen LogP contribution in [0.25, 0.3) is 0 Å². The quantitative estimate of drug-likeness (QED) is 0.298. The lowest BCUT2D eigenvalue weighted by Crippen LogP contribution is -2.19. The molecule has 1 amide bonds. The number of ketones is 1. The smallest absolute Gasteiger partial charge is 0.493 e. The number of aromatic nitrogens is 2. The maximum atomic E-state index is 13.6. The number of methoxy groups -OCH3 is 1. The van der Waals surface area contributed by atoms with Gasteiger partial charge in [-0.15, -0.1) is 13.2 Å². The summed E-state index contributed by atoms with van der Waals surface area (Å²) in [4.78, 5) is 32.1. The summed E-state index contributed by atoms with van der Waals surface area (Å²) < 4.78 is 92.0. The molecule has 0 aliphatic rings. The second-order valence-corrected chi connectivity index (χ2v) is 7.39. The van der Waals surface area contributed by atoms with Crippen LogP contribution < -0.4 is 19.5 Å². The van der Waals surface area contributed by atoms with Crippen molar-refractivity contribution in [2.75, 3.05) is 12.4 Å². The van der Waals surface area contributed by atoms with E-state index in [9.17, 15) is 35.9 Å². The molecule has 0 unspecified atom stereocenters. The Bertz CT molecular complexity index is 1320. The Kier molecular flexibility index (Phi) is 7.60. The highest BCUT2D eigenvalue weighted by Crippen LogP contribution is 2.41. The Hall–Kier alpha value is -4.36. The minimum absolute atomic E-state index is 0.00351. The maximum Gasteiger partial charge on any atom is 0.573 e. The zero-order chi connectivity index (χ0) is 27.5. The van der Waals surface area contributed by atoms with Gasteiger partial charge < -0.3 is 19.5 Å². The number of carbonyl (C=O) groups excluding carboxylic acids is 2. The van der Waals surface area contributed by atoms with E-state index in [1.165, 1.54) is 19.2 Å². The van der Waals surface area contributed by atoms with Gasteiger partial charge in [0.25, 0.3) is 5.91 Å². The molecule has 196 valence electrons. The third kappa shape index (κ3) is 6.65. The van der Waals surface area contributed by atoms with Gasteiger partial charge in [-0.1, -0.05) is 0 Å². The van der Waals surface area contributed by atoms with E-state index in [2.05, 4.69) is 20.0 Å². The molecule has 1 N–H and O–H groups in total. The summed E-state index contributed by atoms with van der Waals surface area (Å²) in [5.41, 5.74) is -1.75. The van der Waals surface area contributed by atoms with Crippen LogP contribution in [0, 0.1) is 6.92 Å². The van der Waals surface area contributed by atoms with E-state index in [4.69, 9.17) is 9.47 Å². The van der Waals surface area contributed by atoms with Gasteiger partial charge in [0.2, 0.25) is 0 Å². The normalized spacial score (nSPS) is 11.6. The van der Waals surface area contributed by atoms with Gasteiger partial charge in [-0.2, -0.15) is 13.2 Å². The zero-order valence-corrected chi connectivity index (χ0v) is 19.2. The molecule has 0 aliphatic carbocycles. The Morgan fingerprint density at radius 1 is 0.946 bits per heavy atom. The molecule has 2 aromatic heterocycles. The number of pyridine rings is 2. The summed E-state index contributed by atoms with van der Waals surface area (Å²) in [7, 11) is 0.891. The van der Waals surface area contributed by atoms with Gasteiger partial charge in [0.05, 0.1) is 13.3 Å². The molecule has 14 heteroatoms. The Morgan fingerprint density at radius 2 is 1.57 bits per heavy atom. The summed E-state index contributed by atoms with van der Waals surface area (Å²) in [5.74, 6) is -3.70. The number of anilines is 1. The average Bonchev–Trinajstić information content (AvgIpc) is 2.79. The van der Waals surface area contributed by atoms with Crippen molar-refractivity contribution < 1.29 is 50.1 Å². The van der Waals surface area contributed by atoms with Gasteiger partial charge in [-0.25, -0.2) is 4.98 Å². The number of nitrogens with one attached hydrogen (secondary N) is 1. The van der Waals surface area contributed by atoms with E-state index in [0.717, 1.165) is 31.4 Å². The molecule has 37 heavy (non-hydrogen) atoms. The molecule has 0 spiro atoms. The highest BCUT2D eigenvalue weighted by molar-refractivity contribution is 6.09. The second kappa shape index (κ2) is 10.3. The van der Waals surface area contributed by atoms with Crippen LogP contribution in [0.3, 0.4) is 0 Å². The number of hydrogen-bond acceptors (Lipinski definition) is 7. The molecule has 0 radical (unpaired) electrons. The number of amides is 1. The third-order valence-electron chi connectivity index (χ3n) is 4.70. The minimum Gasteiger partial charge on any atom is -0.493 e. The summed E-state index contributed by atoms with van der Waals surface area (Å²) in [5, 5.41) is 2.40. The molecule has 3 aromatic rings. The second-order valence-electron chi connectivity index (χ2n) is 7.39. The van der Waals surface area contributed by atoms with Crippen molar-refractivity contribution >= 4 is 17.4 Å². The largest absolute Gasteiger partial charge is 0.573 e. The van der Waals surface area contributed by atoms with Gasteiger partial charge in [-0.05, 0) is 42.8 Å². The first-order chi connectivity index (χ1) is 17.2. The predicted molar refractivity (Wildman–Crippen MR) is 116 cm³/mol. The Morgan fingerprint density at radius 3 is 2.11 bits per heavy atom. The predicted octanol–water partition coefficient (Wildman–Crippen LogP) is 5.96. The molecule has 0 bridgehead atoms. The summed E-state index contributed by atoms with van der Waals surface area (Å²) in [6.45, 7) is 2.78. The van der Waals surface area contributed by atoms with Crippen molar-refractivity contribution in [1.82, 2.24) is 9.97 Å². The molecule has 0 aliphatic heterocycles. The van der Waals surface area contributed by atoms with Crippen LogP contribution in [0.15, 0.2) is 42.7 Å². The third-order valence-corrected chi connectivity index (χ3v) is 4.70. The zero-order valence-electron chi connectivity index (χ0n) is 19.2. The van der Waals surface area contributed by atoms with Gasteiger partial charge in [0.15, 0.2) is 23.0 Å². The molecular formula is C23H17F6N3O5. The lowest BCUT2D eigenvalue weighted by atomic mass is 10.1. The van der Waals surface area contributed by atoms with E-state index in [1.807, 2.05) is 0 Å². The van der Waals surface area contributed by atoms with Crippen LogP contribution >= 0.6 is 0 Å². The molecule has 0 saturated carbocycles.